The van der Waals surface area contributed by atoms with Gasteiger partial charge in [-0.2, -0.15) is 0 Å². The Hall–Kier alpha value is -1.83. The molecule has 0 spiro atoms. The Kier molecular flexibility index (Phi) is 4.35. The number of hydrogen-bond donors (Lipinski definition) is 1. The van der Waals surface area contributed by atoms with E-state index in [2.05, 4.69) is 17.2 Å². The van der Waals surface area contributed by atoms with Crippen molar-refractivity contribution in [3.05, 3.63) is 35.4 Å². The van der Waals surface area contributed by atoms with Crippen molar-refractivity contribution in [1.82, 2.24) is 5.32 Å². The Morgan fingerprint density at radius 2 is 2.11 bits per heavy atom. The van der Waals surface area contributed by atoms with Gasteiger partial charge in [0, 0.05) is 18.1 Å². The molecular weight excluding hydrogens is 230 g/mol. The van der Waals surface area contributed by atoms with Gasteiger partial charge in [0.05, 0.1) is 19.8 Å². The second kappa shape index (κ2) is 6.20. The van der Waals surface area contributed by atoms with Crippen molar-refractivity contribution in [2.75, 3.05) is 19.8 Å². The number of nitrogens with one attached hydrogen (secondary N) is 1. The molecular formula is C14H15NO3. The summed E-state index contributed by atoms with van der Waals surface area (Å²) in [5.41, 5.74) is 1.81. The molecule has 0 radical (unpaired) electrons. The molecule has 1 aromatic carbocycles. The summed E-state index contributed by atoms with van der Waals surface area (Å²) in [5, 5.41) is 2.63. The van der Waals surface area contributed by atoms with Crippen LogP contribution in [0, 0.1) is 11.8 Å². The molecule has 0 aliphatic carbocycles. The molecule has 0 unspecified atom stereocenters. The van der Waals surface area contributed by atoms with Gasteiger partial charge in [-0.3, -0.25) is 4.79 Å². The maximum Gasteiger partial charge on any atom is 0.217 e. The summed E-state index contributed by atoms with van der Waals surface area (Å²) in [7, 11) is 0. The number of ether oxygens (including phenoxy) is 2. The Balaban J connectivity index is 2.09. The maximum absolute atomic E-state index is 10.7. The van der Waals surface area contributed by atoms with Gasteiger partial charge in [-0.15, -0.1) is 0 Å². The number of hydrogen-bond acceptors (Lipinski definition) is 3. The molecule has 0 bridgehead atoms. The normalized spacial score (nSPS) is 14.9. The zero-order valence-electron chi connectivity index (χ0n) is 10.2. The molecule has 1 saturated heterocycles. The van der Waals surface area contributed by atoms with Crippen LogP contribution >= 0.6 is 0 Å². The summed E-state index contributed by atoms with van der Waals surface area (Å²) in [6.07, 6.45) is -0.323. The predicted octanol–water partition coefficient (Wildman–Crippen LogP) is 1.22. The van der Waals surface area contributed by atoms with Crippen LogP contribution in [0.1, 0.15) is 24.3 Å². The highest BCUT2D eigenvalue weighted by atomic mass is 16.7. The molecule has 1 aliphatic heterocycles. The second-order valence-corrected chi connectivity index (χ2v) is 3.87. The largest absolute Gasteiger partial charge is 0.346 e. The molecule has 1 aliphatic rings. The van der Waals surface area contributed by atoms with Gasteiger partial charge in [0.1, 0.15) is 0 Å². The highest BCUT2D eigenvalue weighted by Gasteiger charge is 2.20. The van der Waals surface area contributed by atoms with Crippen LogP contribution < -0.4 is 5.32 Å². The summed E-state index contributed by atoms with van der Waals surface area (Å²) in [4.78, 5) is 10.7. The Morgan fingerprint density at radius 1 is 1.39 bits per heavy atom. The van der Waals surface area contributed by atoms with Crippen molar-refractivity contribution >= 4 is 5.91 Å². The first kappa shape index (κ1) is 12.6. The fourth-order valence-electron chi connectivity index (χ4n) is 1.66. The lowest BCUT2D eigenvalue weighted by molar-refractivity contribution is -0.118. The van der Waals surface area contributed by atoms with Crippen LogP contribution in [0.3, 0.4) is 0 Å². The summed E-state index contributed by atoms with van der Waals surface area (Å²) in [5.74, 6) is 5.84. The van der Waals surface area contributed by atoms with Crippen LogP contribution in [-0.2, 0) is 14.3 Å². The van der Waals surface area contributed by atoms with Gasteiger partial charge < -0.3 is 14.8 Å². The van der Waals surface area contributed by atoms with Crippen molar-refractivity contribution in [3.63, 3.8) is 0 Å². The highest BCUT2D eigenvalue weighted by Crippen LogP contribution is 2.25. The van der Waals surface area contributed by atoms with Crippen molar-refractivity contribution in [1.29, 1.82) is 0 Å². The van der Waals surface area contributed by atoms with Crippen LogP contribution in [0.2, 0.25) is 0 Å². The molecule has 0 aromatic heterocycles. The Labute approximate surface area is 106 Å². The predicted molar refractivity (Wildman–Crippen MR) is 66.6 cm³/mol. The quantitative estimate of drug-likeness (QED) is 0.797. The molecule has 1 aromatic rings. The minimum absolute atomic E-state index is 0.0833. The van der Waals surface area contributed by atoms with E-state index in [0.29, 0.717) is 19.8 Å². The first-order valence-electron chi connectivity index (χ1n) is 5.83. The van der Waals surface area contributed by atoms with Gasteiger partial charge >= 0.3 is 0 Å². The van der Waals surface area contributed by atoms with E-state index in [-0.39, 0.29) is 12.2 Å². The average Bonchev–Trinajstić information content (AvgIpc) is 2.88. The monoisotopic (exact) mass is 245 g/mol. The van der Waals surface area contributed by atoms with Crippen LogP contribution in [-0.4, -0.2) is 25.7 Å². The van der Waals surface area contributed by atoms with Gasteiger partial charge in [0.2, 0.25) is 5.91 Å². The van der Waals surface area contributed by atoms with Crippen molar-refractivity contribution < 1.29 is 14.3 Å². The molecule has 2 rings (SSSR count). The Bertz CT molecular complexity index is 481. The minimum Gasteiger partial charge on any atom is -0.346 e. The van der Waals surface area contributed by atoms with Gasteiger partial charge in [-0.05, 0) is 6.07 Å². The average molecular weight is 245 g/mol. The molecule has 18 heavy (non-hydrogen) atoms. The van der Waals surface area contributed by atoms with Gasteiger partial charge in [-0.25, -0.2) is 0 Å². The van der Waals surface area contributed by atoms with E-state index in [9.17, 15) is 4.79 Å². The van der Waals surface area contributed by atoms with Crippen molar-refractivity contribution in [2.24, 2.45) is 0 Å². The lowest BCUT2D eigenvalue weighted by Gasteiger charge is -2.10. The summed E-state index contributed by atoms with van der Waals surface area (Å²) in [6, 6.07) is 7.71. The summed E-state index contributed by atoms with van der Waals surface area (Å²) in [6.45, 7) is 3.03. The number of rotatable bonds is 2. The summed E-state index contributed by atoms with van der Waals surface area (Å²) < 4.78 is 10.9. The first-order valence-corrected chi connectivity index (χ1v) is 5.83. The zero-order chi connectivity index (χ0) is 12.8. The molecule has 94 valence electrons. The lowest BCUT2D eigenvalue weighted by atomic mass is 10.1. The molecule has 0 atom stereocenters. The first-order chi connectivity index (χ1) is 8.77. The van der Waals surface area contributed by atoms with Gasteiger partial charge in [0.25, 0.3) is 0 Å². The van der Waals surface area contributed by atoms with E-state index in [1.165, 1.54) is 6.92 Å². The van der Waals surface area contributed by atoms with Gasteiger partial charge in [-0.1, -0.05) is 30.0 Å². The number of carbonyl (C=O) groups is 1. The molecule has 1 N–H and O–H groups in total. The smallest absolute Gasteiger partial charge is 0.217 e. The SMILES string of the molecule is CC(=O)NCC#Cc1ccccc1C1OCCO1. The lowest BCUT2D eigenvalue weighted by Crippen LogP contribution is -2.19. The number of amides is 1. The van der Waals surface area contributed by atoms with E-state index in [4.69, 9.17) is 9.47 Å². The third-order valence-corrected chi connectivity index (χ3v) is 2.49. The molecule has 1 fully saturated rings. The van der Waals surface area contributed by atoms with Gasteiger partial charge in [0.15, 0.2) is 6.29 Å². The van der Waals surface area contributed by atoms with E-state index in [1.54, 1.807) is 0 Å². The maximum atomic E-state index is 10.7. The summed E-state index contributed by atoms with van der Waals surface area (Å²) >= 11 is 0. The topological polar surface area (TPSA) is 47.6 Å². The van der Waals surface area contributed by atoms with Crippen LogP contribution in [0.25, 0.3) is 0 Å². The van der Waals surface area contributed by atoms with Crippen LogP contribution in [0.5, 0.6) is 0 Å². The van der Waals surface area contributed by atoms with E-state index < -0.39 is 0 Å². The molecule has 4 heteroatoms. The third-order valence-electron chi connectivity index (χ3n) is 2.49. The molecule has 1 heterocycles. The number of carbonyl (C=O) groups excluding carboxylic acids is 1. The minimum atomic E-state index is -0.323. The fraction of sp³-hybridized carbons (Fsp3) is 0.357. The third kappa shape index (κ3) is 3.33. The standard InChI is InChI=1S/C14H15NO3/c1-11(16)15-8-4-6-12-5-2-3-7-13(12)14-17-9-10-18-14/h2-3,5,7,14H,8-10H2,1H3,(H,15,16). The van der Waals surface area contributed by atoms with Crippen LogP contribution in [0.15, 0.2) is 24.3 Å². The fourth-order valence-corrected chi connectivity index (χ4v) is 1.66. The zero-order valence-corrected chi connectivity index (χ0v) is 10.2. The molecule has 1 amide bonds. The van der Waals surface area contributed by atoms with E-state index in [0.717, 1.165) is 11.1 Å². The van der Waals surface area contributed by atoms with Crippen molar-refractivity contribution in [2.45, 2.75) is 13.2 Å². The van der Waals surface area contributed by atoms with Crippen LogP contribution in [0.4, 0.5) is 0 Å². The highest BCUT2D eigenvalue weighted by molar-refractivity contribution is 5.73. The molecule has 0 saturated carbocycles. The van der Waals surface area contributed by atoms with E-state index >= 15 is 0 Å². The van der Waals surface area contributed by atoms with Crippen molar-refractivity contribution in [3.8, 4) is 11.8 Å². The Morgan fingerprint density at radius 3 is 2.83 bits per heavy atom. The second-order valence-electron chi connectivity index (χ2n) is 3.87. The van der Waals surface area contributed by atoms with E-state index in [1.807, 2.05) is 24.3 Å². The molecule has 4 nitrogen and oxygen atoms in total. The number of benzene rings is 1.